The zero-order chi connectivity index (χ0) is 19.6. The number of nitrogens with one attached hydrogen (secondary N) is 3. The molecule has 8 nitrogen and oxygen atoms in total. The van der Waals surface area contributed by atoms with Crippen LogP contribution in [0, 0.1) is 10.1 Å². The number of anilines is 1. The first-order valence-electron chi connectivity index (χ1n) is 7.95. The van der Waals surface area contributed by atoms with Crippen LogP contribution in [-0.4, -0.2) is 16.9 Å². The number of urea groups is 1. The van der Waals surface area contributed by atoms with Gasteiger partial charge in [0.15, 0.2) is 0 Å². The van der Waals surface area contributed by atoms with Crippen LogP contribution in [0.25, 0.3) is 0 Å². The highest BCUT2D eigenvalue weighted by Gasteiger charge is 2.32. The van der Waals surface area contributed by atoms with Gasteiger partial charge >= 0.3 is 6.03 Å². The molecule has 0 saturated heterocycles. The Balaban J connectivity index is 1.96. The lowest BCUT2D eigenvalue weighted by Gasteiger charge is -2.29. The van der Waals surface area contributed by atoms with Crippen molar-refractivity contribution in [1.29, 1.82) is 0 Å². The molecule has 0 unspecified atom stereocenters. The third-order valence-electron chi connectivity index (χ3n) is 4.04. The summed E-state index contributed by atoms with van der Waals surface area (Å²) >= 11 is 6.24. The van der Waals surface area contributed by atoms with E-state index in [-0.39, 0.29) is 16.9 Å². The maximum Gasteiger partial charge on any atom is 0.319 e. The van der Waals surface area contributed by atoms with Crippen LogP contribution >= 0.6 is 11.6 Å². The standard InChI is InChI=1S/C18H15ClN4O4/c1-10-15(17(24)21-11-5-4-6-12(9-11)23(26)27)16(22-18(25)20-10)13-7-2-3-8-14(13)19/h2-9,16H,1H3,(H,21,24)(H2,20,22,25)/t16-/m0/s1. The van der Waals surface area contributed by atoms with Crippen molar-refractivity contribution in [3.63, 3.8) is 0 Å². The average molecular weight is 387 g/mol. The molecule has 0 radical (unpaired) electrons. The Morgan fingerprint density at radius 2 is 1.96 bits per heavy atom. The maximum atomic E-state index is 12.9. The number of benzene rings is 2. The van der Waals surface area contributed by atoms with E-state index in [9.17, 15) is 19.7 Å². The third kappa shape index (κ3) is 3.90. The Kier molecular flexibility index (Phi) is 5.09. The SMILES string of the molecule is CC1=C(C(=O)Nc2cccc([N+](=O)[O-])c2)[C@H](c2ccccc2Cl)NC(=O)N1. The number of halogens is 1. The summed E-state index contributed by atoms with van der Waals surface area (Å²) in [5.74, 6) is -0.509. The van der Waals surface area contributed by atoms with Crippen LogP contribution in [-0.2, 0) is 4.79 Å². The molecular weight excluding hydrogens is 372 g/mol. The zero-order valence-electron chi connectivity index (χ0n) is 14.2. The number of nitro benzene ring substituents is 1. The fourth-order valence-corrected chi connectivity index (χ4v) is 3.08. The second kappa shape index (κ2) is 7.46. The van der Waals surface area contributed by atoms with Crippen molar-refractivity contribution in [3.8, 4) is 0 Å². The van der Waals surface area contributed by atoms with Gasteiger partial charge in [-0.3, -0.25) is 14.9 Å². The van der Waals surface area contributed by atoms with E-state index in [0.717, 1.165) is 0 Å². The zero-order valence-corrected chi connectivity index (χ0v) is 14.9. The number of carbonyl (C=O) groups excluding carboxylic acids is 2. The van der Waals surface area contributed by atoms with E-state index in [1.165, 1.54) is 18.2 Å². The highest BCUT2D eigenvalue weighted by molar-refractivity contribution is 6.31. The molecule has 3 rings (SSSR count). The Bertz CT molecular complexity index is 973. The molecule has 1 aliphatic heterocycles. The van der Waals surface area contributed by atoms with E-state index in [1.54, 1.807) is 37.3 Å². The summed E-state index contributed by atoms with van der Waals surface area (Å²) < 4.78 is 0. The number of rotatable bonds is 4. The lowest BCUT2D eigenvalue weighted by Crippen LogP contribution is -2.46. The summed E-state index contributed by atoms with van der Waals surface area (Å²) in [6.45, 7) is 1.60. The lowest BCUT2D eigenvalue weighted by atomic mass is 9.94. The molecule has 3 amide bonds. The molecule has 0 aromatic heterocycles. The van der Waals surface area contributed by atoms with Gasteiger partial charge < -0.3 is 16.0 Å². The van der Waals surface area contributed by atoms with Crippen molar-refractivity contribution in [3.05, 3.63) is 80.5 Å². The quantitative estimate of drug-likeness (QED) is 0.551. The number of nitro groups is 1. The first-order chi connectivity index (χ1) is 12.9. The fraction of sp³-hybridized carbons (Fsp3) is 0.111. The van der Waals surface area contributed by atoms with Crippen LogP contribution in [0.15, 0.2) is 59.8 Å². The summed E-state index contributed by atoms with van der Waals surface area (Å²) in [5.41, 5.74) is 1.32. The smallest absolute Gasteiger partial charge is 0.319 e. The first-order valence-corrected chi connectivity index (χ1v) is 8.33. The number of allylic oxidation sites excluding steroid dienone is 1. The monoisotopic (exact) mass is 386 g/mol. The van der Waals surface area contributed by atoms with Gasteiger partial charge in [0.1, 0.15) is 0 Å². The highest BCUT2D eigenvalue weighted by atomic mass is 35.5. The van der Waals surface area contributed by atoms with Gasteiger partial charge in [0.25, 0.3) is 11.6 Å². The van der Waals surface area contributed by atoms with Gasteiger partial charge in [0.2, 0.25) is 0 Å². The topological polar surface area (TPSA) is 113 Å². The van der Waals surface area contributed by atoms with Crippen molar-refractivity contribution in [2.24, 2.45) is 0 Å². The third-order valence-corrected chi connectivity index (χ3v) is 4.39. The number of amides is 3. The van der Waals surface area contributed by atoms with Gasteiger partial charge in [0.05, 0.1) is 16.5 Å². The molecule has 0 spiro atoms. The average Bonchev–Trinajstić information content (AvgIpc) is 2.61. The Morgan fingerprint density at radius 1 is 1.22 bits per heavy atom. The summed E-state index contributed by atoms with van der Waals surface area (Å²) in [5, 5.41) is 19.2. The Labute approximate surface area is 159 Å². The van der Waals surface area contributed by atoms with Crippen molar-refractivity contribution >= 4 is 34.9 Å². The molecule has 0 aliphatic carbocycles. The van der Waals surface area contributed by atoms with E-state index in [0.29, 0.717) is 16.3 Å². The van der Waals surface area contributed by atoms with Gasteiger partial charge in [-0.2, -0.15) is 0 Å². The summed E-state index contributed by atoms with van der Waals surface area (Å²) in [6, 6.07) is 11.3. The van der Waals surface area contributed by atoms with Crippen LogP contribution in [0.3, 0.4) is 0 Å². The number of non-ortho nitro benzene ring substituents is 1. The molecule has 0 fully saturated rings. The van der Waals surface area contributed by atoms with E-state index in [4.69, 9.17) is 11.6 Å². The largest absolute Gasteiger partial charge is 0.327 e. The molecule has 1 aliphatic rings. The summed E-state index contributed by atoms with van der Waals surface area (Å²) in [7, 11) is 0. The van der Waals surface area contributed by atoms with E-state index in [2.05, 4.69) is 16.0 Å². The van der Waals surface area contributed by atoms with Crippen molar-refractivity contribution in [2.75, 3.05) is 5.32 Å². The van der Waals surface area contributed by atoms with Crippen LogP contribution in [0.2, 0.25) is 5.02 Å². The van der Waals surface area contributed by atoms with Gasteiger partial charge in [0, 0.05) is 28.5 Å². The highest BCUT2D eigenvalue weighted by Crippen LogP contribution is 2.32. The number of carbonyl (C=O) groups is 2. The summed E-state index contributed by atoms with van der Waals surface area (Å²) in [4.78, 5) is 35.2. The van der Waals surface area contributed by atoms with E-state index >= 15 is 0 Å². The molecule has 2 aromatic rings. The number of hydrogen-bond donors (Lipinski definition) is 3. The van der Waals surface area contributed by atoms with Gasteiger partial charge in [-0.15, -0.1) is 0 Å². The van der Waals surface area contributed by atoms with Crippen molar-refractivity contribution in [2.45, 2.75) is 13.0 Å². The van der Waals surface area contributed by atoms with Crippen molar-refractivity contribution in [1.82, 2.24) is 10.6 Å². The van der Waals surface area contributed by atoms with E-state index in [1.807, 2.05) is 0 Å². The number of hydrogen-bond acceptors (Lipinski definition) is 4. The van der Waals surface area contributed by atoms with Gasteiger partial charge in [-0.1, -0.05) is 35.9 Å². The molecule has 1 atom stereocenters. The predicted octanol–water partition coefficient (Wildman–Crippen LogP) is 3.51. The predicted molar refractivity (Wildman–Crippen MR) is 100 cm³/mol. The van der Waals surface area contributed by atoms with Crippen LogP contribution in [0.1, 0.15) is 18.5 Å². The van der Waals surface area contributed by atoms with E-state index < -0.39 is 22.9 Å². The van der Waals surface area contributed by atoms with Crippen LogP contribution < -0.4 is 16.0 Å². The number of nitrogens with zero attached hydrogens (tertiary/aromatic N) is 1. The summed E-state index contributed by atoms with van der Waals surface area (Å²) in [6.07, 6.45) is 0. The second-order valence-corrected chi connectivity index (χ2v) is 6.26. The minimum Gasteiger partial charge on any atom is -0.327 e. The second-order valence-electron chi connectivity index (χ2n) is 5.85. The molecule has 2 aromatic carbocycles. The van der Waals surface area contributed by atoms with Crippen molar-refractivity contribution < 1.29 is 14.5 Å². The minimum absolute atomic E-state index is 0.142. The molecule has 27 heavy (non-hydrogen) atoms. The van der Waals surface area contributed by atoms with Gasteiger partial charge in [-0.05, 0) is 24.6 Å². The van der Waals surface area contributed by atoms with Crippen LogP contribution in [0.4, 0.5) is 16.2 Å². The molecule has 1 heterocycles. The fourth-order valence-electron chi connectivity index (χ4n) is 2.83. The molecular formula is C18H15ClN4O4. The Hall–Kier alpha value is -3.39. The minimum atomic E-state index is -0.758. The normalized spacial score (nSPS) is 16.4. The maximum absolute atomic E-state index is 12.9. The molecule has 9 heteroatoms. The van der Waals surface area contributed by atoms with Gasteiger partial charge in [-0.25, -0.2) is 4.79 Å². The molecule has 0 saturated carbocycles. The molecule has 138 valence electrons. The van der Waals surface area contributed by atoms with Crippen LogP contribution in [0.5, 0.6) is 0 Å². The molecule has 0 bridgehead atoms. The Morgan fingerprint density at radius 3 is 2.67 bits per heavy atom. The first kappa shape index (κ1) is 18.4. The molecule has 3 N–H and O–H groups in total. The lowest BCUT2D eigenvalue weighted by molar-refractivity contribution is -0.384.